The number of nitrogen functional groups attached to an aromatic ring is 1. The molecule has 1 heterocycles. The van der Waals surface area contributed by atoms with Gasteiger partial charge < -0.3 is 10.1 Å². The van der Waals surface area contributed by atoms with Crippen molar-refractivity contribution in [3.63, 3.8) is 0 Å². The number of rotatable bonds is 4. The lowest BCUT2D eigenvalue weighted by Gasteiger charge is -2.04. The number of nitrogens with one attached hydrogen (secondary N) is 4. The van der Waals surface area contributed by atoms with E-state index in [1.807, 2.05) is 5.43 Å². The summed E-state index contributed by atoms with van der Waals surface area (Å²) in [4.78, 5) is 28.8. The van der Waals surface area contributed by atoms with Gasteiger partial charge in [0.15, 0.2) is 0 Å². The Morgan fingerprint density at radius 1 is 1.25 bits per heavy atom. The molecule has 0 fully saturated rings. The van der Waals surface area contributed by atoms with E-state index >= 15 is 0 Å². The summed E-state index contributed by atoms with van der Waals surface area (Å²) in [6, 6.07) is 6.80. The minimum Gasteiger partial charge on any atom is -0.497 e. The van der Waals surface area contributed by atoms with Gasteiger partial charge in [-0.1, -0.05) is 0 Å². The molecule has 6 N–H and O–H groups in total. The van der Waals surface area contributed by atoms with Crippen LogP contribution in [0.4, 0.5) is 5.69 Å². The van der Waals surface area contributed by atoms with Crippen molar-refractivity contribution in [2.24, 2.45) is 5.84 Å². The molecule has 0 aliphatic rings. The fraction of sp³-hybridized carbons (Fsp3) is 0.0833. The Labute approximate surface area is 114 Å². The number of aromatic nitrogens is 2. The number of hydrazine groups is 1. The maximum Gasteiger partial charge on any atom is 0.309 e. The summed E-state index contributed by atoms with van der Waals surface area (Å²) in [5.41, 5.74) is 2.67. The molecule has 0 spiro atoms. The number of benzene rings is 1. The van der Waals surface area contributed by atoms with Gasteiger partial charge in [0.05, 0.1) is 7.11 Å². The second kappa shape index (κ2) is 5.85. The van der Waals surface area contributed by atoms with Gasteiger partial charge in [0, 0.05) is 5.69 Å². The minimum atomic E-state index is -0.592. The van der Waals surface area contributed by atoms with Crippen LogP contribution in [-0.2, 0) is 0 Å². The second-order valence-electron chi connectivity index (χ2n) is 3.84. The molecule has 0 atom stereocenters. The summed E-state index contributed by atoms with van der Waals surface area (Å²) in [6.45, 7) is 0. The molecule has 0 unspecified atom stereocenters. The number of hydrogen-bond donors (Lipinski definition) is 4. The van der Waals surface area contributed by atoms with Crippen molar-refractivity contribution in [3.8, 4) is 5.75 Å². The number of carbonyl (C=O) groups excluding carboxylic acids is 2. The summed E-state index contributed by atoms with van der Waals surface area (Å²) >= 11 is 0. The smallest absolute Gasteiger partial charge is 0.309 e. The molecule has 2 aromatic rings. The zero-order valence-electron chi connectivity index (χ0n) is 10.7. The van der Waals surface area contributed by atoms with E-state index in [4.69, 9.17) is 10.6 Å². The van der Waals surface area contributed by atoms with E-state index in [1.165, 1.54) is 6.33 Å². The molecular weight excluding hydrogens is 262 g/mol. The molecule has 0 radical (unpaired) electrons. The van der Waals surface area contributed by atoms with Gasteiger partial charge in [-0.2, -0.15) is 0 Å². The molecule has 0 aliphatic heterocycles. The normalized spacial score (nSPS) is 9.90. The molecule has 1 aromatic heterocycles. The first-order valence-corrected chi connectivity index (χ1v) is 5.71. The van der Waals surface area contributed by atoms with Crippen LogP contribution in [0, 0.1) is 0 Å². The lowest BCUT2D eigenvalue weighted by molar-refractivity contribution is -0.379. The maximum absolute atomic E-state index is 12.1. The Bertz CT molecular complexity index is 620. The molecular formula is C12H14N5O3+. The van der Waals surface area contributed by atoms with Gasteiger partial charge in [-0.15, -0.1) is 0 Å². The van der Waals surface area contributed by atoms with Crippen molar-refractivity contribution in [2.75, 3.05) is 12.4 Å². The molecule has 2 rings (SSSR count). The summed E-state index contributed by atoms with van der Waals surface area (Å²) in [5, 5.41) is 2.65. The highest BCUT2D eigenvalue weighted by Gasteiger charge is 2.25. The second-order valence-corrected chi connectivity index (χ2v) is 3.84. The van der Waals surface area contributed by atoms with Crippen molar-refractivity contribution >= 4 is 17.5 Å². The van der Waals surface area contributed by atoms with E-state index in [0.29, 0.717) is 11.4 Å². The Morgan fingerprint density at radius 3 is 2.55 bits per heavy atom. The number of nitrogens with two attached hydrogens (primary N) is 1. The molecule has 20 heavy (non-hydrogen) atoms. The van der Waals surface area contributed by atoms with Crippen molar-refractivity contribution in [3.05, 3.63) is 42.0 Å². The Kier molecular flexibility index (Phi) is 3.96. The lowest BCUT2D eigenvalue weighted by atomic mass is 10.2. The van der Waals surface area contributed by atoms with E-state index < -0.39 is 11.8 Å². The quantitative estimate of drug-likeness (QED) is 0.347. The van der Waals surface area contributed by atoms with Gasteiger partial charge in [-0.25, -0.2) is 15.8 Å². The van der Waals surface area contributed by atoms with Gasteiger partial charge in [-0.3, -0.25) is 15.0 Å². The highest BCUT2D eigenvalue weighted by Crippen LogP contribution is 2.15. The van der Waals surface area contributed by atoms with E-state index in [0.717, 1.165) is 0 Å². The third-order valence-corrected chi connectivity index (χ3v) is 2.62. The van der Waals surface area contributed by atoms with Gasteiger partial charge in [0.25, 0.3) is 5.91 Å². The fourth-order valence-electron chi connectivity index (χ4n) is 1.62. The maximum atomic E-state index is 12.1. The molecule has 8 nitrogen and oxygen atoms in total. The monoisotopic (exact) mass is 276 g/mol. The highest BCUT2D eigenvalue weighted by atomic mass is 16.5. The molecule has 2 amide bonds. The molecule has 0 aliphatic carbocycles. The van der Waals surface area contributed by atoms with Crippen LogP contribution in [0.5, 0.6) is 5.75 Å². The Balaban J connectivity index is 2.15. The number of carbonyl (C=O) groups is 2. The third-order valence-electron chi connectivity index (χ3n) is 2.62. The van der Waals surface area contributed by atoms with Crippen LogP contribution in [0.3, 0.4) is 0 Å². The average molecular weight is 276 g/mol. The largest absolute Gasteiger partial charge is 0.497 e. The van der Waals surface area contributed by atoms with Gasteiger partial charge in [-0.05, 0) is 24.3 Å². The van der Waals surface area contributed by atoms with Crippen LogP contribution in [-0.4, -0.2) is 23.9 Å². The zero-order chi connectivity index (χ0) is 14.5. The predicted octanol–water partition coefficient (Wildman–Crippen LogP) is -0.307. The van der Waals surface area contributed by atoms with Gasteiger partial charge in [0.2, 0.25) is 17.7 Å². The number of amides is 2. The Hall–Kier alpha value is -2.87. The topological polar surface area (TPSA) is 123 Å². The first-order valence-electron chi connectivity index (χ1n) is 5.71. The number of ether oxygens (including phenoxy) is 1. The number of imidazole rings is 1. The minimum absolute atomic E-state index is 0.0542. The van der Waals surface area contributed by atoms with Crippen molar-refractivity contribution in [1.82, 2.24) is 10.4 Å². The number of aromatic amines is 2. The number of anilines is 1. The zero-order valence-corrected chi connectivity index (χ0v) is 10.7. The van der Waals surface area contributed by atoms with E-state index in [2.05, 4.69) is 15.3 Å². The highest BCUT2D eigenvalue weighted by molar-refractivity contribution is 6.09. The van der Waals surface area contributed by atoms with E-state index in [9.17, 15) is 9.59 Å². The molecule has 104 valence electrons. The summed E-state index contributed by atoms with van der Waals surface area (Å²) in [5.74, 6) is 4.66. The first-order chi connectivity index (χ1) is 9.65. The van der Waals surface area contributed by atoms with Crippen LogP contribution >= 0.6 is 0 Å². The number of methoxy groups -OCH3 is 1. The molecule has 0 bridgehead atoms. The number of H-pyrrole nitrogens is 2. The van der Waals surface area contributed by atoms with Crippen LogP contribution in [0.2, 0.25) is 0 Å². The molecule has 0 saturated carbocycles. The van der Waals surface area contributed by atoms with Crippen LogP contribution in [0.15, 0.2) is 30.6 Å². The van der Waals surface area contributed by atoms with Gasteiger partial charge in [0.1, 0.15) is 5.75 Å². The van der Waals surface area contributed by atoms with Crippen molar-refractivity contribution < 1.29 is 19.3 Å². The summed E-state index contributed by atoms with van der Waals surface area (Å²) in [7, 11) is 1.56. The lowest BCUT2D eigenvalue weighted by Crippen LogP contribution is -2.35. The molecule has 8 heteroatoms. The summed E-state index contributed by atoms with van der Waals surface area (Å²) in [6.07, 6.45) is 1.37. The van der Waals surface area contributed by atoms with E-state index in [-0.39, 0.29) is 11.4 Å². The molecule has 0 saturated heterocycles. The first kappa shape index (κ1) is 13.6. The predicted molar refractivity (Wildman–Crippen MR) is 69.9 cm³/mol. The molecule has 1 aromatic carbocycles. The average Bonchev–Trinajstić information content (AvgIpc) is 2.96. The number of hydrogen-bond acceptors (Lipinski definition) is 4. The SMILES string of the molecule is COc1ccc(NC(=O)c2[nH]c[nH+]c2C(=O)NN)cc1. The third kappa shape index (κ3) is 2.75. The van der Waals surface area contributed by atoms with Crippen molar-refractivity contribution in [1.29, 1.82) is 0 Å². The summed E-state index contributed by atoms with van der Waals surface area (Å²) < 4.78 is 5.02. The van der Waals surface area contributed by atoms with Gasteiger partial charge >= 0.3 is 5.91 Å². The van der Waals surface area contributed by atoms with E-state index in [1.54, 1.807) is 31.4 Å². The van der Waals surface area contributed by atoms with Crippen molar-refractivity contribution in [2.45, 2.75) is 0 Å². The van der Waals surface area contributed by atoms with Crippen LogP contribution in [0.25, 0.3) is 0 Å². The standard InChI is InChI=1S/C12H13N5O3/c1-20-8-4-2-7(3-5-8)16-11(18)9-10(12(19)17-13)15-6-14-9/h2-6H,13H2,1H3,(H,14,15)(H,16,18)(H,17,19)/p+1. The van der Waals surface area contributed by atoms with Crippen LogP contribution in [0.1, 0.15) is 21.0 Å². The fourth-order valence-corrected chi connectivity index (χ4v) is 1.62. The Morgan fingerprint density at radius 2 is 1.95 bits per heavy atom. The van der Waals surface area contributed by atoms with Crippen LogP contribution < -0.4 is 26.3 Å².